The van der Waals surface area contributed by atoms with Crippen LogP contribution < -0.4 is 10.2 Å². The number of allylic oxidation sites excluding steroid dienone is 2. The summed E-state index contributed by atoms with van der Waals surface area (Å²) in [4.78, 5) is 49.7. The number of fused-ring (bicyclic) bond motifs is 5. The quantitative estimate of drug-likeness (QED) is 0.258. The van der Waals surface area contributed by atoms with E-state index >= 15 is 0 Å². The molecule has 0 aromatic heterocycles. The van der Waals surface area contributed by atoms with E-state index < -0.39 is 10.8 Å². The molecule has 0 spiro atoms. The van der Waals surface area contributed by atoms with Crippen molar-refractivity contribution in [2.75, 3.05) is 10.2 Å². The second-order valence-corrected chi connectivity index (χ2v) is 7.97. The van der Waals surface area contributed by atoms with Crippen LogP contribution in [0.4, 0.5) is 17.1 Å². The lowest BCUT2D eigenvalue weighted by Gasteiger charge is -2.17. The Kier molecular flexibility index (Phi) is 4.14. The van der Waals surface area contributed by atoms with E-state index in [0.29, 0.717) is 5.69 Å². The summed E-state index contributed by atoms with van der Waals surface area (Å²) in [5.41, 5.74) is 0.238. The number of aromatic hydroxyl groups is 1. The average Bonchev–Trinajstić information content (AvgIpc) is 3.43. The van der Waals surface area contributed by atoms with Crippen molar-refractivity contribution in [3.63, 3.8) is 0 Å². The molecule has 2 bridgehead atoms. The molecule has 2 N–H and O–H groups in total. The van der Waals surface area contributed by atoms with E-state index in [9.17, 15) is 29.6 Å². The summed E-state index contributed by atoms with van der Waals surface area (Å²) in [5.74, 6) is -1.69. The normalized spacial score (nSPS) is 25.7. The molecule has 0 unspecified atom stereocenters. The van der Waals surface area contributed by atoms with Crippen molar-refractivity contribution >= 4 is 34.8 Å². The molecule has 156 valence electrons. The van der Waals surface area contributed by atoms with Crippen molar-refractivity contribution in [1.82, 2.24) is 0 Å². The van der Waals surface area contributed by atoms with Crippen LogP contribution in [0.1, 0.15) is 16.8 Å². The maximum atomic E-state index is 12.9. The standard InChI is InChI=1S/C22H17N3O6/c26-17-8-7-15(25(30)31)10-16(17)23-20(27)11-3-5-14(6-4-11)24-21(28)18-12-1-2-13(9-12)19(18)22(24)29/h1-8,10,12-13,18-19,26H,9H2,(H,23,27)/t12-,13-,18+,19+/m0/s1. The Morgan fingerprint density at radius 1 is 1.03 bits per heavy atom. The van der Waals surface area contributed by atoms with Crippen LogP contribution in [-0.2, 0) is 9.59 Å². The highest BCUT2D eigenvalue weighted by atomic mass is 16.6. The molecule has 1 heterocycles. The van der Waals surface area contributed by atoms with Gasteiger partial charge in [0.05, 0.1) is 28.1 Å². The highest BCUT2D eigenvalue weighted by molar-refractivity contribution is 6.23. The molecule has 9 heteroatoms. The predicted octanol–water partition coefficient (Wildman–Crippen LogP) is 2.86. The summed E-state index contributed by atoms with van der Waals surface area (Å²) in [7, 11) is 0. The van der Waals surface area contributed by atoms with Gasteiger partial charge < -0.3 is 10.4 Å². The van der Waals surface area contributed by atoms with Gasteiger partial charge in [0, 0.05) is 17.7 Å². The summed E-state index contributed by atoms with van der Waals surface area (Å²) >= 11 is 0. The van der Waals surface area contributed by atoms with E-state index in [1.807, 2.05) is 12.2 Å². The summed E-state index contributed by atoms with van der Waals surface area (Å²) in [6, 6.07) is 9.27. The Morgan fingerprint density at radius 2 is 1.65 bits per heavy atom. The Bertz CT molecular complexity index is 1140. The second-order valence-electron chi connectivity index (χ2n) is 7.97. The largest absolute Gasteiger partial charge is 0.506 e. The molecule has 2 aliphatic carbocycles. The van der Waals surface area contributed by atoms with Gasteiger partial charge in [-0.1, -0.05) is 12.2 Å². The Morgan fingerprint density at radius 3 is 2.23 bits per heavy atom. The minimum Gasteiger partial charge on any atom is -0.506 e. The van der Waals surface area contributed by atoms with E-state index in [4.69, 9.17) is 0 Å². The summed E-state index contributed by atoms with van der Waals surface area (Å²) in [5, 5.41) is 23.2. The number of carbonyl (C=O) groups excluding carboxylic acids is 3. The fourth-order valence-corrected chi connectivity index (χ4v) is 4.85. The van der Waals surface area contributed by atoms with Crippen LogP contribution in [-0.4, -0.2) is 27.8 Å². The van der Waals surface area contributed by atoms with E-state index in [1.165, 1.54) is 29.2 Å². The monoisotopic (exact) mass is 419 g/mol. The average molecular weight is 419 g/mol. The smallest absolute Gasteiger partial charge is 0.271 e. The number of carbonyl (C=O) groups is 3. The van der Waals surface area contributed by atoms with Gasteiger partial charge in [0.2, 0.25) is 11.8 Å². The molecule has 2 fully saturated rings. The molecule has 2 aromatic rings. The maximum Gasteiger partial charge on any atom is 0.271 e. The van der Waals surface area contributed by atoms with Gasteiger partial charge in [-0.15, -0.1) is 0 Å². The van der Waals surface area contributed by atoms with Gasteiger partial charge in [0.25, 0.3) is 11.6 Å². The molecule has 1 aliphatic heterocycles. The van der Waals surface area contributed by atoms with E-state index in [1.54, 1.807) is 0 Å². The van der Waals surface area contributed by atoms with Gasteiger partial charge in [0.15, 0.2) is 0 Å². The first-order chi connectivity index (χ1) is 14.8. The highest BCUT2D eigenvalue weighted by Gasteiger charge is 2.59. The zero-order valence-corrected chi connectivity index (χ0v) is 16.1. The Hall–Kier alpha value is -4.01. The number of hydrogen-bond acceptors (Lipinski definition) is 6. The fourth-order valence-electron chi connectivity index (χ4n) is 4.85. The first-order valence-electron chi connectivity index (χ1n) is 9.80. The lowest BCUT2D eigenvalue weighted by molar-refractivity contribution is -0.384. The molecule has 1 saturated carbocycles. The summed E-state index contributed by atoms with van der Waals surface area (Å²) in [6.45, 7) is 0. The minimum absolute atomic E-state index is 0.0935. The van der Waals surface area contributed by atoms with Crippen molar-refractivity contribution in [2.24, 2.45) is 23.7 Å². The SMILES string of the molecule is O=C(Nc1cc([N+](=O)[O-])ccc1O)c1ccc(N2C(=O)[C@H]3[C@H](C2=O)[C@H]2C=C[C@H]3C2)cc1. The van der Waals surface area contributed by atoms with Crippen LogP contribution in [0.3, 0.4) is 0 Å². The number of phenolic OH excluding ortho intramolecular Hbond substituents is 1. The number of nitrogens with zero attached hydrogens (tertiary/aromatic N) is 2. The zero-order valence-electron chi connectivity index (χ0n) is 16.1. The van der Waals surface area contributed by atoms with Crippen molar-refractivity contribution in [3.05, 3.63) is 70.3 Å². The van der Waals surface area contributed by atoms with Gasteiger partial charge in [-0.05, 0) is 48.6 Å². The fraction of sp³-hybridized carbons (Fsp3) is 0.227. The van der Waals surface area contributed by atoms with Crippen molar-refractivity contribution in [2.45, 2.75) is 6.42 Å². The van der Waals surface area contributed by atoms with Gasteiger partial charge in [0.1, 0.15) is 5.75 Å². The number of anilines is 2. The number of non-ortho nitro benzene ring substituents is 1. The van der Waals surface area contributed by atoms with Crippen molar-refractivity contribution < 1.29 is 24.4 Å². The number of nitro benzene ring substituents is 1. The molecule has 0 radical (unpaired) electrons. The molecular weight excluding hydrogens is 402 g/mol. The predicted molar refractivity (Wildman–Crippen MR) is 109 cm³/mol. The van der Waals surface area contributed by atoms with Crippen LogP contribution in [0.25, 0.3) is 0 Å². The summed E-state index contributed by atoms with van der Waals surface area (Å²) in [6.07, 6.45) is 4.90. The van der Waals surface area contributed by atoms with Gasteiger partial charge in [-0.25, -0.2) is 0 Å². The molecule has 9 nitrogen and oxygen atoms in total. The first kappa shape index (κ1) is 19.0. The lowest BCUT2D eigenvalue weighted by Crippen LogP contribution is -2.32. The molecule has 2 aromatic carbocycles. The number of amides is 3. The van der Waals surface area contributed by atoms with Crippen LogP contribution in [0.2, 0.25) is 0 Å². The second kappa shape index (κ2) is 6.76. The van der Waals surface area contributed by atoms with Crippen LogP contribution >= 0.6 is 0 Å². The molecular formula is C22H17N3O6. The van der Waals surface area contributed by atoms with Crippen molar-refractivity contribution in [1.29, 1.82) is 0 Å². The minimum atomic E-state index is -0.634. The van der Waals surface area contributed by atoms with Crippen LogP contribution in [0, 0.1) is 33.8 Å². The van der Waals surface area contributed by atoms with E-state index in [-0.39, 0.29) is 58.2 Å². The number of benzene rings is 2. The Labute approximate surface area is 176 Å². The maximum absolute atomic E-state index is 12.9. The van der Waals surface area contributed by atoms with Gasteiger partial charge >= 0.3 is 0 Å². The number of phenols is 1. The number of imide groups is 1. The topological polar surface area (TPSA) is 130 Å². The van der Waals surface area contributed by atoms with Crippen LogP contribution in [0.15, 0.2) is 54.6 Å². The van der Waals surface area contributed by atoms with E-state index in [2.05, 4.69) is 5.32 Å². The molecule has 31 heavy (non-hydrogen) atoms. The number of rotatable bonds is 4. The van der Waals surface area contributed by atoms with Crippen LogP contribution in [0.5, 0.6) is 5.75 Å². The molecule has 3 aliphatic rings. The zero-order chi connectivity index (χ0) is 21.9. The van der Waals surface area contributed by atoms with Crippen molar-refractivity contribution in [3.8, 4) is 5.75 Å². The number of nitro groups is 1. The van der Waals surface area contributed by atoms with E-state index in [0.717, 1.165) is 24.6 Å². The third kappa shape index (κ3) is 2.89. The Balaban J connectivity index is 1.35. The number of hydrogen-bond donors (Lipinski definition) is 2. The summed E-state index contributed by atoms with van der Waals surface area (Å²) < 4.78 is 0. The molecule has 3 amide bonds. The highest BCUT2D eigenvalue weighted by Crippen LogP contribution is 2.53. The third-order valence-corrected chi connectivity index (χ3v) is 6.30. The molecule has 1 saturated heterocycles. The van der Waals surface area contributed by atoms with Gasteiger partial charge in [-0.3, -0.25) is 29.4 Å². The molecule has 5 rings (SSSR count). The lowest BCUT2D eigenvalue weighted by atomic mass is 9.85. The molecule has 4 atom stereocenters. The van der Waals surface area contributed by atoms with Gasteiger partial charge in [-0.2, -0.15) is 0 Å². The third-order valence-electron chi connectivity index (χ3n) is 6.30. The first-order valence-corrected chi connectivity index (χ1v) is 9.80. The number of nitrogens with one attached hydrogen (secondary N) is 1.